The van der Waals surface area contributed by atoms with Gasteiger partial charge in [-0.1, -0.05) is 11.6 Å². The van der Waals surface area contributed by atoms with Crippen molar-refractivity contribution in [3.63, 3.8) is 0 Å². The minimum atomic E-state index is -0.628. The van der Waals surface area contributed by atoms with Gasteiger partial charge in [-0.3, -0.25) is 4.98 Å². The summed E-state index contributed by atoms with van der Waals surface area (Å²) < 4.78 is 27.1. The maximum atomic E-state index is 13.8. The van der Waals surface area contributed by atoms with Gasteiger partial charge >= 0.3 is 0 Å². The summed E-state index contributed by atoms with van der Waals surface area (Å²) in [5, 5.41) is -0.213. The van der Waals surface area contributed by atoms with E-state index in [4.69, 9.17) is 11.6 Å². The van der Waals surface area contributed by atoms with E-state index >= 15 is 0 Å². The van der Waals surface area contributed by atoms with Crippen LogP contribution in [0, 0.1) is 25.5 Å². The normalized spacial score (nSPS) is 10.6. The molecule has 0 aliphatic heterocycles. The highest BCUT2D eigenvalue weighted by Crippen LogP contribution is 2.30. The third kappa shape index (κ3) is 2.15. The van der Waals surface area contributed by atoms with Gasteiger partial charge in [-0.2, -0.15) is 0 Å². The Morgan fingerprint density at radius 1 is 1.06 bits per heavy atom. The molecule has 17 heavy (non-hydrogen) atoms. The fraction of sp³-hybridized carbons (Fsp3) is 0.154. The third-order valence-corrected chi connectivity index (χ3v) is 3.05. The van der Waals surface area contributed by atoms with Crippen molar-refractivity contribution in [2.45, 2.75) is 13.8 Å². The lowest BCUT2D eigenvalue weighted by molar-refractivity contribution is 0.603. The number of benzene rings is 1. The van der Waals surface area contributed by atoms with Crippen molar-refractivity contribution in [2.75, 3.05) is 0 Å². The Morgan fingerprint density at radius 3 is 2.47 bits per heavy atom. The maximum absolute atomic E-state index is 13.8. The molecule has 1 nitrogen and oxygen atoms in total. The molecule has 1 aromatic carbocycles. The summed E-state index contributed by atoms with van der Waals surface area (Å²) >= 11 is 5.52. The second-order valence-corrected chi connectivity index (χ2v) is 4.22. The van der Waals surface area contributed by atoms with Gasteiger partial charge in [-0.25, -0.2) is 8.78 Å². The molecule has 1 heterocycles. The van der Waals surface area contributed by atoms with E-state index in [0.717, 1.165) is 23.4 Å². The van der Waals surface area contributed by atoms with Gasteiger partial charge < -0.3 is 0 Å². The lowest BCUT2D eigenvalue weighted by atomic mass is 10.00. The van der Waals surface area contributed by atoms with Crippen LogP contribution in [-0.4, -0.2) is 4.98 Å². The van der Waals surface area contributed by atoms with Crippen molar-refractivity contribution < 1.29 is 8.78 Å². The molecule has 0 saturated carbocycles. The van der Waals surface area contributed by atoms with E-state index in [9.17, 15) is 8.78 Å². The van der Waals surface area contributed by atoms with Gasteiger partial charge in [0.1, 0.15) is 11.6 Å². The van der Waals surface area contributed by atoms with Crippen LogP contribution < -0.4 is 0 Å². The molecule has 0 N–H and O–H groups in total. The van der Waals surface area contributed by atoms with Gasteiger partial charge in [-0.15, -0.1) is 0 Å². The van der Waals surface area contributed by atoms with Crippen LogP contribution in [0.2, 0.25) is 5.02 Å². The molecule has 0 fully saturated rings. The van der Waals surface area contributed by atoms with E-state index < -0.39 is 11.6 Å². The van der Waals surface area contributed by atoms with E-state index in [2.05, 4.69) is 4.98 Å². The van der Waals surface area contributed by atoms with Crippen molar-refractivity contribution in [3.05, 3.63) is 52.3 Å². The SMILES string of the molecule is Cc1nccc(-c2cc(F)c(Cl)cc2F)c1C. The molecular weight excluding hydrogens is 244 g/mol. The summed E-state index contributed by atoms with van der Waals surface area (Å²) in [4.78, 5) is 4.09. The molecule has 2 rings (SSSR count). The van der Waals surface area contributed by atoms with Gasteiger partial charge in [0.25, 0.3) is 0 Å². The first-order valence-corrected chi connectivity index (χ1v) is 5.45. The largest absolute Gasteiger partial charge is 0.261 e. The molecule has 0 unspecified atom stereocenters. The number of rotatable bonds is 1. The molecular formula is C13H10ClF2N. The average Bonchev–Trinajstić information content (AvgIpc) is 2.28. The summed E-state index contributed by atoms with van der Waals surface area (Å²) in [6.45, 7) is 3.65. The van der Waals surface area contributed by atoms with E-state index in [1.165, 1.54) is 0 Å². The maximum Gasteiger partial charge on any atom is 0.142 e. The Balaban J connectivity index is 2.69. The van der Waals surface area contributed by atoms with Crippen LogP contribution in [0.3, 0.4) is 0 Å². The fourth-order valence-corrected chi connectivity index (χ4v) is 1.81. The van der Waals surface area contributed by atoms with Gasteiger partial charge in [0.2, 0.25) is 0 Å². The molecule has 0 atom stereocenters. The lowest BCUT2D eigenvalue weighted by Gasteiger charge is -2.09. The van der Waals surface area contributed by atoms with E-state index in [-0.39, 0.29) is 10.6 Å². The van der Waals surface area contributed by atoms with Crippen LogP contribution in [0.1, 0.15) is 11.3 Å². The minimum absolute atomic E-state index is 0.204. The Kier molecular flexibility index (Phi) is 3.11. The number of nitrogens with zero attached hydrogens (tertiary/aromatic N) is 1. The summed E-state index contributed by atoms with van der Waals surface area (Å²) in [7, 11) is 0. The minimum Gasteiger partial charge on any atom is -0.261 e. The lowest BCUT2D eigenvalue weighted by Crippen LogP contribution is -1.94. The number of pyridine rings is 1. The molecule has 2 aromatic rings. The van der Waals surface area contributed by atoms with Crippen molar-refractivity contribution in [2.24, 2.45) is 0 Å². The predicted molar refractivity (Wildman–Crippen MR) is 64.1 cm³/mol. The quantitative estimate of drug-likeness (QED) is 0.691. The van der Waals surface area contributed by atoms with Crippen molar-refractivity contribution in [1.29, 1.82) is 0 Å². The van der Waals surface area contributed by atoms with Crippen molar-refractivity contribution >= 4 is 11.6 Å². The number of hydrogen-bond acceptors (Lipinski definition) is 1. The monoisotopic (exact) mass is 253 g/mol. The van der Waals surface area contributed by atoms with E-state index in [1.54, 1.807) is 12.3 Å². The molecule has 0 saturated heterocycles. The van der Waals surface area contributed by atoms with Gasteiger partial charge in [-0.05, 0) is 43.2 Å². The first-order valence-electron chi connectivity index (χ1n) is 5.08. The molecule has 0 spiro atoms. The Hall–Kier alpha value is -1.48. The molecule has 0 amide bonds. The van der Waals surface area contributed by atoms with E-state index in [1.807, 2.05) is 13.8 Å². The summed E-state index contributed by atoms with van der Waals surface area (Å²) in [5.41, 5.74) is 2.45. The Labute approximate surface area is 103 Å². The van der Waals surface area contributed by atoms with Gasteiger partial charge in [0, 0.05) is 17.5 Å². The molecule has 0 aliphatic carbocycles. The second-order valence-electron chi connectivity index (χ2n) is 3.82. The predicted octanol–water partition coefficient (Wildman–Crippen LogP) is 4.30. The van der Waals surface area contributed by atoms with Crippen molar-refractivity contribution in [3.8, 4) is 11.1 Å². The summed E-state index contributed by atoms with van der Waals surface area (Å²) in [5.74, 6) is -1.16. The Morgan fingerprint density at radius 2 is 1.76 bits per heavy atom. The van der Waals surface area contributed by atoms with Crippen LogP contribution in [0.15, 0.2) is 24.4 Å². The second kappa shape index (κ2) is 4.41. The highest BCUT2D eigenvalue weighted by atomic mass is 35.5. The highest BCUT2D eigenvalue weighted by molar-refractivity contribution is 6.30. The van der Waals surface area contributed by atoms with Gasteiger partial charge in [0.15, 0.2) is 0 Å². The molecule has 1 aromatic heterocycles. The van der Waals surface area contributed by atoms with Crippen LogP contribution in [0.5, 0.6) is 0 Å². The smallest absolute Gasteiger partial charge is 0.142 e. The first kappa shape index (κ1) is 12.0. The number of aromatic nitrogens is 1. The van der Waals surface area contributed by atoms with Crippen LogP contribution in [0.4, 0.5) is 8.78 Å². The third-order valence-electron chi connectivity index (χ3n) is 2.76. The molecule has 4 heteroatoms. The molecule has 0 aliphatic rings. The molecule has 0 bridgehead atoms. The number of hydrogen-bond donors (Lipinski definition) is 0. The zero-order chi connectivity index (χ0) is 12.6. The summed E-state index contributed by atoms with van der Waals surface area (Å²) in [6.07, 6.45) is 1.57. The average molecular weight is 254 g/mol. The fourth-order valence-electron chi connectivity index (χ4n) is 1.66. The topological polar surface area (TPSA) is 12.9 Å². The highest BCUT2D eigenvalue weighted by Gasteiger charge is 2.13. The number of aryl methyl sites for hydroxylation is 1. The molecule has 0 radical (unpaired) electrons. The Bertz CT molecular complexity index is 582. The van der Waals surface area contributed by atoms with Crippen molar-refractivity contribution in [1.82, 2.24) is 4.98 Å². The van der Waals surface area contributed by atoms with Gasteiger partial charge in [0.05, 0.1) is 5.02 Å². The van der Waals surface area contributed by atoms with E-state index in [0.29, 0.717) is 5.56 Å². The van der Waals surface area contributed by atoms with Crippen LogP contribution >= 0.6 is 11.6 Å². The first-order chi connectivity index (χ1) is 8.00. The summed E-state index contributed by atoms with van der Waals surface area (Å²) in [6, 6.07) is 3.76. The molecule has 88 valence electrons. The zero-order valence-corrected chi connectivity index (χ0v) is 10.1. The van der Waals surface area contributed by atoms with Crippen LogP contribution in [0.25, 0.3) is 11.1 Å². The van der Waals surface area contributed by atoms with Crippen LogP contribution in [-0.2, 0) is 0 Å². The standard InChI is InChI=1S/C13H10ClF2N/c1-7-8(2)17-4-3-9(7)10-5-13(16)11(14)6-12(10)15/h3-6H,1-2H3. The number of halogens is 3. The zero-order valence-electron chi connectivity index (χ0n) is 9.39.